The first-order chi connectivity index (χ1) is 13.6. The Morgan fingerprint density at radius 1 is 1.04 bits per heavy atom. The molecule has 5 rings (SSSR count). The van der Waals surface area contributed by atoms with Crippen molar-refractivity contribution in [2.75, 3.05) is 0 Å². The van der Waals surface area contributed by atoms with E-state index in [1.165, 1.54) is 12.1 Å². The molecule has 0 aromatic heterocycles. The zero-order chi connectivity index (χ0) is 19.3. The maximum absolute atomic E-state index is 14.6. The third-order valence-electron chi connectivity index (χ3n) is 5.10. The van der Waals surface area contributed by atoms with E-state index in [-0.39, 0.29) is 11.9 Å². The van der Waals surface area contributed by atoms with Crippen LogP contribution in [-0.4, -0.2) is 10.7 Å². The number of benzene rings is 3. The first-order valence-electron chi connectivity index (χ1n) is 8.92. The van der Waals surface area contributed by atoms with Gasteiger partial charge in [0.25, 0.3) is 0 Å². The van der Waals surface area contributed by atoms with Crippen LogP contribution in [0, 0.1) is 5.82 Å². The summed E-state index contributed by atoms with van der Waals surface area (Å²) in [6.07, 6.45) is 0.0484. The van der Waals surface area contributed by atoms with Crippen molar-refractivity contribution in [3.8, 4) is 5.75 Å². The Morgan fingerprint density at radius 3 is 2.64 bits per heavy atom. The number of para-hydroxylation sites is 1. The van der Waals surface area contributed by atoms with Gasteiger partial charge in [0.2, 0.25) is 6.23 Å². The van der Waals surface area contributed by atoms with Crippen LogP contribution in [0.1, 0.15) is 35.4 Å². The highest BCUT2D eigenvalue weighted by molar-refractivity contribution is 9.10. The largest absolute Gasteiger partial charge is 0.464 e. The summed E-state index contributed by atoms with van der Waals surface area (Å²) in [5.74, 6) is 0.389. The minimum atomic E-state index is -0.674. The number of halogens is 3. The normalized spacial score (nSPS) is 20.2. The molecule has 2 heterocycles. The Kier molecular flexibility index (Phi) is 4.37. The van der Waals surface area contributed by atoms with E-state index in [1.807, 2.05) is 53.5 Å². The van der Waals surface area contributed by atoms with Crippen LogP contribution in [0.2, 0.25) is 5.02 Å². The van der Waals surface area contributed by atoms with Crippen molar-refractivity contribution in [3.05, 3.63) is 98.7 Å². The molecule has 140 valence electrons. The fourth-order valence-corrected chi connectivity index (χ4v) is 4.20. The molecule has 0 fully saturated rings. The summed E-state index contributed by atoms with van der Waals surface area (Å²) in [5, 5.41) is 7.16. The van der Waals surface area contributed by atoms with Crippen LogP contribution in [0.15, 0.2) is 76.3 Å². The second kappa shape index (κ2) is 6.90. The lowest BCUT2D eigenvalue weighted by Crippen LogP contribution is -2.34. The van der Waals surface area contributed by atoms with Gasteiger partial charge in [-0.15, -0.1) is 0 Å². The number of fused-ring (bicyclic) bond motifs is 3. The highest BCUT2D eigenvalue weighted by atomic mass is 79.9. The second-order valence-corrected chi connectivity index (χ2v) is 8.18. The standard InChI is InChI=1S/C22H15BrClFN2O/c23-14-7-5-13(6-8-14)19-12-20-16-3-1-2-4-21(16)28-22(27(20)26-19)17-11-15(24)9-10-18(17)25/h1-11,20,22H,12H2/t20-,22+/m1/s1. The predicted molar refractivity (Wildman–Crippen MR) is 111 cm³/mol. The van der Waals surface area contributed by atoms with E-state index in [0.717, 1.165) is 33.5 Å². The SMILES string of the molecule is Fc1ccc(Cl)cc1[C@@H]1Oc2ccccc2[C@H]2CC(c3ccc(Br)cc3)=NN21. The van der Waals surface area contributed by atoms with Crippen LogP contribution in [0.3, 0.4) is 0 Å². The molecule has 2 atom stereocenters. The summed E-state index contributed by atoms with van der Waals surface area (Å²) in [6.45, 7) is 0. The molecular weight excluding hydrogens is 443 g/mol. The number of hydrazone groups is 1. The smallest absolute Gasteiger partial charge is 0.216 e. The minimum absolute atomic E-state index is 0.0213. The van der Waals surface area contributed by atoms with Crippen molar-refractivity contribution in [2.24, 2.45) is 5.10 Å². The molecule has 0 bridgehead atoms. The summed E-state index contributed by atoms with van der Waals surface area (Å²) < 4.78 is 21.8. The summed E-state index contributed by atoms with van der Waals surface area (Å²) >= 11 is 9.60. The summed E-state index contributed by atoms with van der Waals surface area (Å²) in [7, 11) is 0. The van der Waals surface area contributed by atoms with Crippen molar-refractivity contribution in [1.82, 2.24) is 5.01 Å². The number of rotatable bonds is 2. The Labute approximate surface area is 175 Å². The Morgan fingerprint density at radius 2 is 1.82 bits per heavy atom. The van der Waals surface area contributed by atoms with E-state index in [9.17, 15) is 4.39 Å². The van der Waals surface area contributed by atoms with Gasteiger partial charge in [-0.05, 0) is 42.0 Å². The van der Waals surface area contributed by atoms with Crippen molar-refractivity contribution in [3.63, 3.8) is 0 Å². The molecule has 2 aliphatic rings. The molecule has 0 unspecified atom stereocenters. The predicted octanol–water partition coefficient (Wildman–Crippen LogP) is 6.48. The maximum atomic E-state index is 14.6. The fourth-order valence-electron chi connectivity index (χ4n) is 3.76. The Hall–Kier alpha value is -2.37. The zero-order valence-corrected chi connectivity index (χ0v) is 17.0. The van der Waals surface area contributed by atoms with Crippen molar-refractivity contribution in [1.29, 1.82) is 0 Å². The molecule has 0 aliphatic carbocycles. The summed E-state index contributed by atoms with van der Waals surface area (Å²) in [6, 6.07) is 20.4. The average Bonchev–Trinajstić information content (AvgIpc) is 3.15. The van der Waals surface area contributed by atoms with Crippen LogP contribution in [-0.2, 0) is 0 Å². The fraction of sp³-hybridized carbons (Fsp3) is 0.136. The molecule has 0 N–H and O–H groups in total. The molecule has 0 saturated carbocycles. The van der Waals surface area contributed by atoms with Crippen molar-refractivity contribution in [2.45, 2.75) is 18.7 Å². The van der Waals surface area contributed by atoms with Gasteiger partial charge in [-0.1, -0.05) is 57.9 Å². The lowest BCUT2D eigenvalue weighted by molar-refractivity contribution is -0.0211. The van der Waals surface area contributed by atoms with Crippen LogP contribution in [0.25, 0.3) is 0 Å². The number of nitrogens with zero attached hydrogens (tertiary/aromatic N) is 2. The maximum Gasteiger partial charge on any atom is 0.216 e. The van der Waals surface area contributed by atoms with Crippen molar-refractivity contribution < 1.29 is 9.13 Å². The topological polar surface area (TPSA) is 24.8 Å². The zero-order valence-electron chi connectivity index (χ0n) is 14.6. The molecule has 3 aromatic carbocycles. The molecule has 0 amide bonds. The van der Waals surface area contributed by atoms with E-state index in [0.29, 0.717) is 10.6 Å². The molecular formula is C22H15BrClFN2O. The number of ether oxygens (including phenoxy) is 1. The molecule has 0 saturated heterocycles. The monoisotopic (exact) mass is 456 g/mol. The van der Waals surface area contributed by atoms with Gasteiger partial charge in [0.15, 0.2) is 0 Å². The van der Waals surface area contributed by atoms with E-state index in [4.69, 9.17) is 21.4 Å². The van der Waals surface area contributed by atoms with E-state index in [1.54, 1.807) is 6.07 Å². The molecule has 3 aromatic rings. The van der Waals surface area contributed by atoms with Gasteiger partial charge in [0.05, 0.1) is 17.3 Å². The first kappa shape index (κ1) is 17.7. The Bertz CT molecular complexity index is 1090. The lowest BCUT2D eigenvalue weighted by Gasteiger charge is -2.38. The number of hydrogen-bond acceptors (Lipinski definition) is 3. The van der Waals surface area contributed by atoms with E-state index < -0.39 is 6.23 Å². The highest BCUT2D eigenvalue weighted by Gasteiger charge is 2.41. The molecule has 28 heavy (non-hydrogen) atoms. The highest BCUT2D eigenvalue weighted by Crippen LogP contribution is 2.48. The molecule has 0 spiro atoms. The van der Waals surface area contributed by atoms with Gasteiger partial charge < -0.3 is 4.74 Å². The average molecular weight is 458 g/mol. The second-order valence-electron chi connectivity index (χ2n) is 6.83. The van der Waals surface area contributed by atoms with E-state index >= 15 is 0 Å². The van der Waals surface area contributed by atoms with Gasteiger partial charge in [-0.25, -0.2) is 9.40 Å². The van der Waals surface area contributed by atoms with Gasteiger partial charge >= 0.3 is 0 Å². The van der Waals surface area contributed by atoms with E-state index in [2.05, 4.69) is 15.9 Å². The van der Waals surface area contributed by atoms with Crippen LogP contribution in [0.5, 0.6) is 5.75 Å². The molecule has 6 heteroatoms. The quantitative estimate of drug-likeness (QED) is 0.440. The summed E-state index contributed by atoms with van der Waals surface area (Å²) in [4.78, 5) is 0. The molecule has 3 nitrogen and oxygen atoms in total. The number of hydrogen-bond donors (Lipinski definition) is 0. The van der Waals surface area contributed by atoms with Gasteiger partial charge in [0, 0.05) is 21.5 Å². The molecule has 2 aliphatic heterocycles. The third kappa shape index (κ3) is 2.99. The molecule has 0 radical (unpaired) electrons. The minimum Gasteiger partial charge on any atom is -0.464 e. The van der Waals surface area contributed by atoms with Crippen molar-refractivity contribution >= 4 is 33.2 Å². The van der Waals surface area contributed by atoms with Crippen LogP contribution >= 0.6 is 27.5 Å². The van der Waals surface area contributed by atoms with Gasteiger partial charge in [-0.3, -0.25) is 0 Å². The first-order valence-corrected chi connectivity index (χ1v) is 10.1. The van der Waals surface area contributed by atoms with Crippen LogP contribution in [0.4, 0.5) is 4.39 Å². The van der Waals surface area contributed by atoms with Gasteiger partial charge in [0.1, 0.15) is 11.6 Å². The summed E-state index contributed by atoms with van der Waals surface area (Å²) in [5.41, 5.74) is 3.43. The van der Waals surface area contributed by atoms with Crippen LogP contribution < -0.4 is 4.74 Å². The third-order valence-corrected chi connectivity index (χ3v) is 5.86. The Balaban J connectivity index is 1.62. The lowest BCUT2D eigenvalue weighted by atomic mass is 9.96. The van der Waals surface area contributed by atoms with Gasteiger partial charge in [-0.2, -0.15) is 5.10 Å².